The third kappa shape index (κ3) is 4.25. The van der Waals surface area contributed by atoms with Crippen LogP contribution in [0, 0.1) is 5.41 Å². The molecular formula is C14H28N2O2. The fourth-order valence-electron chi connectivity index (χ4n) is 2.55. The van der Waals surface area contributed by atoms with Crippen molar-refractivity contribution in [2.45, 2.75) is 46.1 Å². The van der Waals surface area contributed by atoms with E-state index in [4.69, 9.17) is 5.11 Å². The van der Waals surface area contributed by atoms with E-state index in [0.717, 1.165) is 19.6 Å². The van der Waals surface area contributed by atoms with Gasteiger partial charge < -0.3 is 10.0 Å². The normalized spacial score (nSPS) is 21.7. The van der Waals surface area contributed by atoms with Crippen molar-refractivity contribution in [3.05, 3.63) is 0 Å². The summed E-state index contributed by atoms with van der Waals surface area (Å²) in [5, 5.41) is 9.09. The van der Waals surface area contributed by atoms with E-state index in [9.17, 15) is 4.79 Å². The standard InChI is InChI=1S/C14H28N2O2/c1-5-16-9-6-7-12(16)11-15(4)10-8-14(2,3)13(17)18/h12H,5-11H2,1-4H3,(H,17,18). The minimum absolute atomic E-state index is 0.617. The van der Waals surface area contributed by atoms with Gasteiger partial charge in [-0.3, -0.25) is 9.69 Å². The number of hydrogen-bond acceptors (Lipinski definition) is 3. The van der Waals surface area contributed by atoms with Gasteiger partial charge in [0.05, 0.1) is 5.41 Å². The molecule has 0 aromatic carbocycles. The molecule has 0 aliphatic carbocycles. The maximum Gasteiger partial charge on any atom is 0.309 e. The summed E-state index contributed by atoms with van der Waals surface area (Å²) in [5.41, 5.74) is -0.617. The summed E-state index contributed by atoms with van der Waals surface area (Å²) >= 11 is 0. The van der Waals surface area contributed by atoms with Gasteiger partial charge in [-0.2, -0.15) is 0 Å². The molecule has 4 heteroatoms. The minimum atomic E-state index is -0.702. The molecule has 1 unspecified atom stereocenters. The summed E-state index contributed by atoms with van der Waals surface area (Å²) in [5.74, 6) is -0.702. The SMILES string of the molecule is CCN1CCCC1CN(C)CCC(C)(C)C(=O)O. The molecule has 1 fully saturated rings. The summed E-state index contributed by atoms with van der Waals surface area (Å²) in [7, 11) is 2.10. The highest BCUT2D eigenvalue weighted by Crippen LogP contribution is 2.22. The predicted molar refractivity (Wildman–Crippen MR) is 73.8 cm³/mol. The van der Waals surface area contributed by atoms with Crippen molar-refractivity contribution in [3.8, 4) is 0 Å². The molecule has 1 aliphatic heterocycles. The lowest BCUT2D eigenvalue weighted by Crippen LogP contribution is -2.40. The van der Waals surface area contributed by atoms with Gasteiger partial charge in [0, 0.05) is 12.6 Å². The molecule has 1 heterocycles. The van der Waals surface area contributed by atoms with Crippen LogP contribution in [0.15, 0.2) is 0 Å². The van der Waals surface area contributed by atoms with E-state index in [0.29, 0.717) is 12.5 Å². The molecule has 4 nitrogen and oxygen atoms in total. The quantitative estimate of drug-likeness (QED) is 0.755. The number of carbonyl (C=O) groups is 1. The molecule has 106 valence electrons. The fraction of sp³-hybridized carbons (Fsp3) is 0.929. The van der Waals surface area contributed by atoms with Crippen molar-refractivity contribution >= 4 is 5.97 Å². The largest absolute Gasteiger partial charge is 0.481 e. The first kappa shape index (κ1) is 15.4. The van der Waals surface area contributed by atoms with E-state index in [1.807, 2.05) is 0 Å². The average Bonchev–Trinajstić information content (AvgIpc) is 2.73. The second-order valence-corrected chi connectivity index (χ2v) is 6.13. The molecule has 0 aromatic rings. The van der Waals surface area contributed by atoms with Gasteiger partial charge in [-0.25, -0.2) is 0 Å². The van der Waals surface area contributed by atoms with Gasteiger partial charge in [-0.1, -0.05) is 6.92 Å². The van der Waals surface area contributed by atoms with Crippen LogP contribution in [0.3, 0.4) is 0 Å². The van der Waals surface area contributed by atoms with Gasteiger partial charge in [-0.15, -0.1) is 0 Å². The second kappa shape index (κ2) is 6.53. The Balaban J connectivity index is 2.33. The van der Waals surface area contributed by atoms with Crippen molar-refractivity contribution in [1.29, 1.82) is 0 Å². The highest BCUT2D eigenvalue weighted by molar-refractivity contribution is 5.73. The molecule has 0 radical (unpaired) electrons. The first-order chi connectivity index (χ1) is 8.36. The van der Waals surface area contributed by atoms with Crippen molar-refractivity contribution < 1.29 is 9.90 Å². The predicted octanol–water partition coefficient (Wildman–Crippen LogP) is 1.90. The number of likely N-dealkylation sites (N-methyl/N-ethyl adjacent to an activating group) is 2. The Morgan fingerprint density at radius 2 is 2.17 bits per heavy atom. The molecule has 1 aliphatic rings. The molecule has 0 spiro atoms. The number of nitrogens with zero attached hydrogens (tertiary/aromatic N) is 2. The maximum absolute atomic E-state index is 11.0. The van der Waals surface area contributed by atoms with Crippen molar-refractivity contribution in [2.75, 3.05) is 33.2 Å². The summed E-state index contributed by atoms with van der Waals surface area (Å²) in [6, 6.07) is 0.660. The highest BCUT2D eigenvalue weighted by Gasteiger charge is 2.28. The lowest BCUT2D eigenvalue weighted by molar-refractivity contribution is -0.147. The summed E-state index contributed by atoms with van der Waals surface area (Å²) in [6.45, 7) is 10.1. The maximum atomic E-state index is 11.0. The van der Waals surface area contributed by atoms with Crippen LogP contribution in [-0.2, 0) is 4.79 Å². The fourth-order valence-corrected chi connectivity index (χ4v) is 2.55. The van der Waals surface area contributed by atoms with Crippen LogP contribution in [0.2, 0.25) is 0 Å². The molecule has 0 bridgehead atoms. The van der Waals surface area contributed by atoms with Gasteiger partial charge in [-0.05, 0) is 59.8 Å². The van der Waals surface area contributed by atoms with E-state index in [1.165, 1.54) is 19.4 Å². The molecule has 1 N–H and O–H groups in total. The number of rotatable bonds is 7. The van der Waals surface area contributed by atoms with E-state index in [2.05, 4.69) is 23.8 Å². The van der Waals surface area contributed by atoms with Gasteiger partial charge in [0.15, 0.2) is 0 Å². The van der Waals surface area contributed by atoms with Crippen LogP contribution in [0.5, 0.6) is 0 Å². The Bertz CT molecular complexity index is 279. The lowest BCUT2D eigenvalue weighted by atomic mass is 9.89. The molecule has 0 amide bonds. The Kier molecular flexibility index (Phi) is 5.60. The van der Waals surface area contributed by atoms with Crippen molar-refractivity contribution in [2.24, 2.45) is 5.41 Å². The Morgan fingerprint density at radius 3 is 2.72 bits per heavy atom. The van der Waals surface area contributed by atoms with Crippen LogP contribution in [0.25, 0.3) is 0 Å². The minimum Gasteiger partial charge on any atom is -0.481 e. The summed E-state index contributed by atoms with van der Waals surface area (Å²) in [6.07, 6.45) is 3.28. The summed E-state index contributed by atoms with van der Waals surface area (Å²) in [4.78, 5) is 15.9. The number of carboxylic acids is 1. The molecule has 1 rings (SSSR count). The first-order valence-corrected chi connectivity index (χ1v) is 7.03. The van der Waals surface area contributed by atoms with Gasteiger partial charge in [0.25, 0.3) is 0 Å². The van der Waals surface area contributed by atoms with Crippen LogP contribution >= 0.6 is 0 Å². The molecule has 1 saturated heterocycles. The third-order valence-electron chi connectivity index (χ3n) is 4.13. The van der Waals surface area contributed by atoms with Crippen LogP contribution in [0.1, 0.15) is 40.0 Å². The van der Waals surface area contributed by atoms with Crippen molar-refractivity contribution in [3.63, 3.8) is 0 Å². The Morgan fingerprint density at radius 1 is 1.50 bits per heavy atom. The van der Waals surface area contributed by atoms with Gasteiger partial charge in [0.1, 0.15) is 0 Å². The smallest absolute Gasteiger partial charge is 0.309 e. The molecule has 0 saturated carbocycles. The monoisotopic (exact) mass is 256 g/mol. The molecule has 0 aromatic heterocycles. The van der Waals surface area contributed by atoms with Crippen molar-refractivity contribution in [1.82, 2.24) is 9.80 Å². The zero-order chi connectivity index (χ0) is 13.8. The number of aliphatic carboxylic acids is 1. The van der Waals surface area contributed by atoms with E-state index in [-0.39, 0.29) is 0 Å². The first-order valence-electron chi connectivity index (χ1n) is 7.03. The zero-order valence-electron chi connectivity index (χ0n) is 12.3. The highest BCUT2D eigenvalue weighted by atomic mass is 16.4. The number of carboxylic acid groups (broad SMARTS) is 1. The van der Waals surface area contributed by atoms with Gasteiger partial charge >= 0.3 is 5.97 Å². The third-order valence-corrected chi connectivity index (χ3v) is 4.13. The van der Waals surface area contributed by atoms with E-state index < -0.39 is 11.4 Å². The number of hydrogen-bond donors (Lipinski definition) is 1. The lowest BCUT2D eigenvalue weighted by Gasteiger charge is -2.29. The zero-order valence-corrected chi connectivity index (χ0v) is 12.3. The molecular weight excluding hydrogens is 228 g/mol. The van der Waals surface area contributed by atoms with Crippen LogP contribution in [0.4, 0.5) is 0 Å². The topological polar surface area (TPSA) is 43.8 Å². The molecule has 18 heavy (non-hydrogen) atoms. The van der Waals surface area contributed by atoms with Crippen LogP contribution in [-0.4, -0.2) is 60.1 Å². The van der Waals surface area contributed by atoms with Crippen LogP contribution < -0.4 is 0 Å². The Hall–Kier alpha value is -0.610. The second-order valence-electron chi connectivity index (χ2n) is 6.13. The van der Waals surface area contributed by atoms with Gasteiger partial charge in [0.2, 0.25) is 0 Å². The molecule has 1 atom stereocenters. The van der Waals surface area contributed by atoms with E-state index in [1.54, 1.807) is 13.8 Å². The Labute approximate surface area is 111 Å². The van der Waals surface area contributed by atoms with E-state index >= 15 is 0 Å². The summed E-state index contributed by atoms with van der Waals surface area (Å²) < 4.78 is 0. The number of likely N-dealkylation sites (tertiary alicyclic amines) is 1. The average molecular weight is 256 g/mol.